The molecule has 6 heteroatoms. The quantitative estimate of drug-likeness (QED) is 0.874. The van der Waals surface area contributed by atoms with Crippen molar-refractivity contribution in [3.63, 3.8) is 0 Å². The molecule has 1 aromatic carbocycles. The van der Waals surface area contributed by atoms with Crippen LogP contribution < -0.4 is 10.1 Å². The first kappa shape index (κ1) is 19.0. The molecule has 0 saturated carbocycles. The number of nitrogens with zero attached hydrogens (tertiary/aromatic N) is 1. The van der Waals surface area contributed by atoms with Crippen LogP contribution in [0.1, 0.15) is 46.6 Å². The third kappa shape index (κ3) is 2.84. The maximum atomic E-state index is 13.2. The average Bonchev–Trinajstić information content (AvgIpc) is 3.05. The smallest absolute Gasteiger partial charge is 0.241 e. The highest BCUT2D eigenvalue weighted by molar-refractivity contribution is 7.84. The molecule has 1 spiro atoms. The van der Waals surface area contributed by atoms with E-state index in [1.807, 2.05) is 55.6 Å². The number of carbonyl (C=O) groups is 1. The van der Waals surface area contributed by atoms with Crippen LogP contribution in [0.4, 0.5) is 5.69 Å². The van der Waals surface area contributed by atoms with Crippen LogP contribution in [0.3, 0.4) is 0 Å². The van der Waals surface area contributed by atoms with E-state index in [1.165, 1.54) is 0 Å². The molecule has 0 aliphatic carbocycles. The molecule has 2 aliphatic rings. The lowest BCUT2D eigenvalue weighted by atomic mass is 9.74. The minimum atomic E-state index is -1.24. The minimum absolute atomic E-state index is 0.0592. The highest BCUT2D eigenvalue weighted by atomic mass is 32.2. The normalized spacial score (nSPS) is 25.7. The van der Waals surface area contributed by atoms with Crippen LogP contribution in [-0.4, -0.2) is 32.3 Å². The second-order valence-electron chi connectivity index (χ2n) is 8.42. The number of nitrogens with one attached hydrogen (secondary N) is 1. The van der Waals surface area contributed by atoms with Gasteiger partial charge in [-0.05, 0) is 50.8 Å². The van der Waals surface area contributed by atoms with E-state index in [0.717, 1.165) is 17.7 Å². The van der Waals surface area contributed by atoms with Crippen LogP contribution in [-0.2, 0) is 21.2 Å². The topological polar surface area (TPSA) is 58.6 Å². The zero-order chi connectivity index (χ0) is 19.3. The van der Waals surface area contributed by atoms with E-state index < -0.39 is 21.1 Å². The molecule has 0 bridgehead atoms. The number of ether oxygens (including phenoxy) is 1. The standard InChI is InChI=1S/C20H28N2O3S/c1-13(2)11-17-20(9-10-22(17)26(24)19(3,4)5)15-8-7-14(25-6)12-16(15)21-18(20)23/h7-10,12-13,17H,11H2,1-6H3,(H,21,23)/t17-,20+,26-/m0/s1. The van der Waals surface area contributed by atoms with Crippen LogP contribution in [0.5, 0.6) is 5.75 Å². The van der Waals surface area contributed by atoms with Gasteiger partial charge in [0.2, 0.25) is 5.91 Å². The van der Waals surface area contributed by atoms with Gasteiger partial charge in [-0.15, -0.1) is 0 Å². The van der Waals surface area contributed by atoms with Crippen LogP contribution >= 0.6 is 0 Å². The summed E-state index contributed by atoms with van der Waals surface area (Å²) in [4.78, 5) is 13.1. The van der Waals surface area contributed by atoms with Gasteiger partial charge in [-0.25, -0.2) is 4.21 Å². The van der Waals surface area contributed by atoms with Crippen molar-refractivity contribution in [2.75, 3.05) is 12.4 Å². The maximum Gasteiger partial charge on any atom is 0.241 e. The highest BCUT2D eigenvalue weighted by Gasteiger charge is 2.56. The van der Waals surface area contributed by atoms with E-state index in [2.05, 4.69) is 19.2 Å². The Balaban J connectivity index is 2.10. The van der Waals surface area contributed by atoms with Gasteiger partial charge >= 0.3 is 0 Å². The first-order valence-electron chi connectivity index (χ1n) is 9.01. The van der Waals surface area contributed by atoms with Crippen LogP contribution in [0.25, 0.3) is 0 Å². The number of amides is 1. The molecule has 0 aromatic heterocycles. The Bertz CT molecular complexity index is 782. The number of hydrogen-bond acceptors (Lipinski definition) is 3. The lowest BCUT2D eigenvalue weighted by Crippen LogP contribution is -2.50. The van der Waals surface area contributed by atoms with Crippen LogP contribution in [0.2, 0.25) is 0 Å². The summed E-state index contributed by atoms with van der Waals surface area (Å²) in [6.07, 6.45) is 4.55. The van der Waals surface area contributed by atoms with Crippen molar-refractivity contribution in [2.45, 2.75) is 57.2 Å². The summed E-state index contributed by atoms with van der Waals surface area (Å²) in [5.41, 5.74) is 0.891. The van der Waals surface area contributed by atoms with Gasteiger partial charge in [-0.1, -0.05) is 19.9 Å². The Morgan fingerprint density at radius 3 is 2.62 bits per heavy atom. The Labute approximate surface area is 158 Å². The molecular weight excluding hydrogens is 348 g/mol. The van der Waals surface area contributed by atoms with Gasteiger partial charge in [-0.2, -0.15) is 0 Å². The predicted octanol–water partition coefficient (Wildman–Crippen LogP) is 3.59. The van der Waals surface area contributed by atoms with Gasteiger partial charge in [-0.3, -0.25) is 9.10 Å². The molecule has 3 rings (SSSR count). The van der Waals surface area contributed by atoms with E-state index in [9.17, 15) is 9.00 Å². The first-order chi connectivity index (χ1) is 12.1. The van der Waals surface area contributed by atoms with Crippen LogP contribution in [0, 0.1) is 5.92 Å². The molecule has 5 nitrogen and oxygen atoms in total. The fraction of sp³-hybridized carbons (Fsp3) is 0.550. The van der Waals surface area contributed by atoms with Crippen molar-refractivity contribution in [1.82, 2.24) is 4.31 Å². The molecule has 142 valence electrons. The zero-order valence-electron chi connectivity index (χ0n) is 16.3. The van der Waals surface area contributed by atoms with Gasteiger partial charge in [0, 0.05) is 18.0 Å². The van der Waals surface area contributed by atoms with Crippen molar-refractivity contribution in [2.24, 2.45) is 5.92 Å². The lowest BCUT2D eigenvalue weighted by Gasteiger charge is -2.38. The molecule has 1 N–H and O–H groups in total. The van der Waals surface area contributed by atoms with Gasteiger partial charge in [0.1, 0.15) is 22.2 Å². The van der Waals surface area contributed by atoms with Crippen molar-refractivity contribution in [3.05, 3.63) is 36.0 Å². The number of benzene rings is 1. The second-order valence-corrected chi connectivity index (χ2v) is 10.6. The summed E-state index contributed by atoms with van der Waals surface area (Å²) in [7, 11) is 0.374. The number of anilines is 1. The summed E-state index contributed by atoms with van der Waals surface area (Å²) in [6.45, 7) is 10.1. The van der Waals surface area contributed by atoms with Crippen molar-refractivity contribution in [3.8, 4) is 5.75 Å². The van der Waals surface area contributed by atoms with E-state index >= 15 is 0 Å². The van der Waals surface area contributed by atoms with E-state index in [-0.39, 0.29) is 11.9 Å². The molecule has 0 fully saturated rings. The van der Waals surface area contributed by atoms with Gasteiger partial charge in [0.05, 0.1) is 17.9 Å². The summed E-state index contributed by atoms with van der Waals surface area (Å²) < 4.78 is 19.9. The number of carbonyl (C=O) groups excluding carboxylic acids is 1. The number of rotatable bonds is 4. The van der Waals surface area contributed by atoms with Gasteiger partial charge in [0.25, 0.3) is 0 Å². The first-order valence-corrected chi connectivity index (χ1v) is 10.1. The monoisotopic (exact) mass is 376 g/mol. The molecule has 1 amide bonds. The summed E-state index contributed by atoms with van der Waals surface area (Å²) in [5.74, 6) is 1.01. The summed E-state index contributed by atoms with van der Waals surface area (Å²) >= 11 is 0. The van der Waals surface area contributed by atoms with Crippen molar-refractivity contribution >= 4 is 22.6 Å². The average molecular weight is 377 g/mol. The van der Waals surface area contributed by atoms with Crippen LogP contribution in [0.15, 0.2) is 30.5 Å². The summed E-state index contributed by atoms with van der Waals surface area (Å²) in [6, 6.07) is 5.50. The molecule has 0 radical (unpaired) electrons. The van der Waals surface area contributed by atoms with Gasteiger partial charge < -0.3 is 10.1 Å². The molecule has 2 heterocycles. The third-order valence-electron chi connectivity index (χ3n) is 5.02. The maximum absolute atomic E-state index is 13.2. The molecule has 2 aliphatic heterocycles. The zero-order valence-corrected chi connectivity index (χ0v) is 17.1. The Morgan fingerprint density at radius 2 is 2.04 bits per heavy atom. The molecular formula is C20H28N2O3S. The summed E-state index contributed by atoms with van der Waals surface area (Å²) in [5, 5.41) is 3.01. The third-order valence-corrected chi connectivity index (χ3v) is 6.83. The highest BCUT2D eigenvalue weighted by Crippen LogP contribution is 2.49. The van der Waals surface area contributed by atoms with E-state index in [0.29, 0.717) is 11.7 Å². The molecule has 0 unspecified atom stereocenters. The molecule has 3 atom stereocenters. The second kappa shape index (κ2) is 6.41. The largest absolute Gasteiger partial charge is 0.497 e. The molecule has 1 aromatic rings. The Kier molecular flexibility index (Phi) is 4.67. The Hall–Kier alpha value is -1.82. The predicted molar refractivity (Wildman–Crippen MR) is 105 cm³/mol. The van der Waals surface area contributed by atoms with Gasteiger partial charge in [0.15, 0.2) is 0 Å². The van der Waals surface area contributed by atoms with E-state index in [4.69, 9.17) is 4.74 Å². The minimum Gasteiger partial charge on any atom is -0.497 e. The molecule has 26 heavy (non-hydrogen) atoms. The van der Waals surface area contributed by atoms with Crippen molar-refractivity contribution in [1.29, 1.82) is 0 Å². The number of methoxy groups -OCH3 is 1. The fourth-order valence-corrected chi connectivity index (χ4v) is 5.08. The molecule has 0 saturated heterocycles. The SMILES string of the molecule is COc1ccc2c(c1)NC(=O)[C@]21C=CN([S@@](=O)C(C)(C)C)[C@H]1CC(C)C. The lowest BCUT2D eigenvalue weighted by molar-refractivity contribution is -0.120. The number of hydrogen-bond donors (Lipinski definition) is 1. The van der Waals surface area contributed by atoms with Crippen molar-refractivity contribution < 1.29 is 13.7 Å². The fourth-order valence-electron chi connectivity index (χ4n) is 3.79. The Morgan fingerprint density at radius 1 is 1.35 bits per heavy atom. The van der Waals surface area contributed by atoms with E-state index in [1.54, 1.807) is 7.11 Å². The number of fused-ring (bicyclic) bond motifs is 2.